The molecule has 0 heterocycles. The molecule has 4 heteroatoms. The van der Waals surface area contributed by atoms with Gasteiger partial charge in [-0.2, -0.15) is 0 Å². The van der Waals surface area contributed by atoms with E-state index in [2.05, 4.69) is 20.8 Å². The van der Waals surface area contributed by atoms with Crippen LogP contribution in [-0.4, -0.2) is 18.2 Å². The average molecular weight is 679 g/mol. The smallest absolute Gasteiger partial charge is 0.308 e. The van der Waals surface area contributed by atoms with E-state index in [9.17, 15) is 9.59 Å². The first kappa shape index (κ1) is 46.9. The van der Waals surface area contributed by atoms with Gasteiger partial charge in [0.1, 0.15) is 0 Å². The molecule has 0 saturated heterocycles. The predicted molar refractivity (Wildman–Crippen MR) is 208 cm³/mol. The molecule has 0 aliphatic heterocycles. The summed E-state index contributed by atoms with van der Waals surface area (Å²) in [5, 5.41) is 0. The molecule has 0 aliphatic rings. The Balaban J connectivity index is 3.92. The summed E-state index contributed by atoms with van der Waals surface area (Å²) in [6.07, 6.45) is 45.7. The maximum atomic E-state index is 12.6. The monoisotopic (exact) mass is 679 g/mol. The third kappa shape index (κ3) is 37.8. The Morgan fingerprint density at radius 1 is 0.312 bits per heavy atom. The van der Waals surface area contributed by atoms with Crippen molar-refractivity contribution in [2.24, 2.45) is 0 Å². The van der Waals surface area contributed by atoms with Crippen LogP contribution < -0.4 is 0 Å². The summed E-state index contributed by atoms with van der Waals surface area (Å²) in [7, 11) is 0. The zero-order valence-electron chi connectivity index (χ0n) is 33.1. The van der Waals surface area contributed by atoms with E-state index in [0.717, 1.165) is 38.5 Å². The number of ether oxygens (including phenoxy) is 2. The molecule has 0 fully saturated rings. The van der Waals surface area contributed by atoms with Crippen molar-refractivity contribution in [1.29, 1.82) is 0 Å². The number of carbonyl (C=O) groups excluding carboxylic acids is 2. The summed E-state index contributed by atoms with van der Waals surface area (Å²) >= 11 is 0. The molecule has 0 amide bonds. The Hall–Kier alpha value is -1.06. The van der Waals surface area contributed by atoms with Crippen LogP contribution in [0.25, 0.3) is 0 Å². The first-order valence-corrected chi connectivity index (χ1v) is 22.0. The van der Waals surface area contributed by atoms with Gasteiger partial charge in [0.05, 0.1) is 0 Å². The minimum absolute atomic E-state index is 0.206. The van der Waals surface area contributed by atoms with Crippen molar-refractivity contribution in [3.8, 4) is 0 Å². The quantitative estimate of drug-likeness (QED) is 0.0368. The summed E-state index contributed by atoms with van der Waals surface area (Å²) in [5.41, 5.74) is 0. The van der Waals surface area contributed by atoms with E-state index in [0.29, 0.717) is 19.3 Å². The molecule has 0 aromatic carbocycles. The third-order valence-electron chi connectivity index (χ3n) is 10.0. The Labute approximate surface area is 301 Å². The molecule has 0 unspecified atom stereocenters. The van der Waals surface area contributed by atoms with Gasteiger partial charge < -0.3 is 9.47 Å². The van der Waals surface area contributed by atoms with Crippen molar-refractivity contribution in [1.82, 2.24) is 0 Å². The molecule has 0 rings (SSSR count). The number of hydrogen-bond donors (Lipinski definition) is 0. The molecule has 0 aromatic rings. The summed E-state index contributed by atoms with van der Waals surface area (Å²) < 4.78 is 11.4. The molecule has 0 spiro atoms. The van der Waals surface area contributed by atoms with E-state index in [1.54, 1.807) is 0 Å². The second-order valence-electron chi connectivity index (χ2n) is 15.0. The molecule has 0 N–H and O–H groups in total. The van der Waals surface area contributed by atoms with Crippen LogP contribution in [0.3, 0.4) is 0 Å². The largest absolute Gasteiger partial charge is 0.425 e. The van der Waals surface area contributed by atoms with Gasteiger partial charge >= 0.3 is 11.9 Å². The minimum atomic E-state index is -0.709. The lowest BCUT2D eigenvalue weighted by Crippen LogP contribution is -2.24. The molecule has 48 heavy (non-hydrogen) atoms. The molecule has 0 atom stereocenters. The van der Waals surface area contributed by atoms with Crippen molar-refractivity contribution < 1.29 is 19.1 Å². The summed E-state index contributed by atoms with van der Waals surface area (Å²) in [6.45, 7) is 6.77. The number of unbranched alkanes of at least 4 members (excludes halogenated alkanes) is 32. The molecular weight excluding hydrogens is 592 g/mol. The first-order valence-electron chi connectivity index (χ1n) is 22.0. The minimum Gasteiger partial charge on any atom is -0.425 e. The number of hydrogen-bond acceptors (Lipinski definition) is 4. The third-order valence-corrected chi connectivity index (χ3v) is 10.0. The molecular formula is C44H86O4. The Morgan fingerprint density at radius 2 is 0.521 bits per heavy atom. The van der Waals surface area contributed by atoms with Crippen molar-refractivity contribution >= 4 is 11.9 Å². The highest BCUT2D eigenvalue weighted by atomic mass is 16.7. The average Bonchev–Trinajstić information content (AvgIpc) is 3.08. The number of carbonyl (C=O) groups is 2. The second kappa shape index (κ2) is 40.4. The van der Waals surface area contributed by atoms with Gasteiger partial charge in [-0.15, -0.1) is 0 Å². The highest BCUT2D eigenvalue weighted by molar-refractivity contribution is 5.71. The van der Waals surface area contributed by atoms with Gasteiger partial charge in [-0.25, -0.2) is 0 Å². The van der Waals surface area contributed by atoms with Crippen LogP contribution in [0.15, 0.2) is 0 Å². The highest BCUT2D eigenvalue weighted by Gasteiger charge is 2.18. The maximum absolute atomic E-state index is 12.6. The van der Waals surface area contributed by atoms with Crippen molar-refractivity contribution in [2.45, 2.75) is 271 Å². The zero-order valence-corrected chi connectivity index (χ0v) is 33.1. The Bertz CT molecular complexity index is 600. The molecule has 0 saturated carbocycles. The Morgan fingerprint density at radius 3 is 0.771 bits per heavy atom. The topological polar surface area (TPSA) is 52.6 Å². The molecule has 0 aliphatic carbocycles. The fraction of sp³-hybridized carbons (Fsp3) is 0.955. The van der Waals surface area contributed by atoms with Gasteiger partial charge in [0, 0.05) is 19.3 Å². The molecule has 4 nitrogen and oxygen atoms in total. The van der Waals surface area contributed by atoms with Crippen LogP contribution in [0.1, 0.15) is 265 Å². The second-order valence-corrected chi connectivity index (χ2v) is 15.0. The maximum Gasteiger partial charge on any atom is 0.308 e. The predicted octanol–water partition coefficient (Wildman–Crippen LogP) is 15.3. The number of rotatable bonds is 40. The summed E-state index contributed by atoms with van der Waals surface area (Å²) in [4.78, 5) is 25.2. The van der Waals surface area contributed by atoms with E-state index < -0.39 is 6.29 Å². The zero-order chi connectivity index (χ0) is 35.0. The SMILES string of the molecule is CCCCCCCCCCCCCCCCCC(=O)OC(CCCCCCC)OC(=O)CCCCCCCCCCCCCCCCC. The molecule has 0 aromatic heterocycles. The van der Waals surface area contributed by atoms with Crippen molar-refractivity contribution in [2.75, 3.05) is 0 Å². The van der Waals surface area contributed by atoms with Crippen LogP contribution in [0.4, 0.5) is 0 Å². The Kier molecular flexibility index (Phi) is 39.5. The lowest BCUT2D eigenvalue weighted by atomic mass is 10.0. The summed E-state index contributed by atoms with van der Waals surface area (Å²) in [5.74, 6) is -0.411. The van der Waals surface area contributed by atoms with Gasteiger partial charge in [0.15, 0.2) is 0 Å². The molecule has 0 radical (unpaired) electrons. The first-order chi connectivity index (χ1) is 23.6. The van der Waals surface area contributed by atoms with Crippen molar-refractivity contribution in [3.63, 3.8) is 0 Å². The van der Waals surface area contributed by atoms with Crippen LogP contribution in [-0.2, 0) is 19.1 Å². The lowest BCUT2D eigenvalue weighted by molar-refractivity contribution is -0.189. The van der Waals surface area contributed by atoms with Gasteiger partial charge in [-0.1, -0.05) is 226 Å². The van der Waals surface area contributed by atoms with E-state index in [1.165, 1.54) is 186 Å². The van der Waals surface area contributed by atoms with E-state index in [-0.39, 0.29) is 11.9 Å². The number of esters is 2. The lowest BCUT2D eigenvalue weighted by Gasteiger charge is -2.18. The van der Waals surface area contributed by atoms with Gasteiger partial charge in [0.2, 0.25) is 6.29 Å². The van der Waals surface area contributed by atoms with Gasteiger partial charge in [-0.3, -0.25) is 9.59 Å². The van der Waals surface area contributed by atoms with Crippen LogP contribution in [0.5, 0.6) is 0 Å². The fourth-order valence-corrected chi connectivity index (χ4v) is 6.75. The van der Waals surface area contributed by atoms with E-state index in [1.807, 2.05) is 0 Å². The fourth-order valence-electron chi connectivity index (χ4n) is 6.75. The summed E-state index contributed by atoms with van der Waals surface area (Å²) in [6, 6.07) is 0. The normalized spacial score (nSPS) is 11.4. The highest BCUT2D eigenvalue weighted by Crippen LogP contribution is 2.17. The van der Waals surface area contributed by atoms with Crippen molar-refractivity contribution in [3.05, 3.63) is 0 Å². The van der Waals surface area contributed by atoms with Crippen LogP contribution >= 0.6 is 0 Å². The van der Waals surface area contributed by atoms with Gasteiger partial charge in [0.25, 0.3) is 0 Å². The standard InChI is InChI=1S/C44H86O4/c1-4-7-10-13-15-17-19-21-23-25-27-29-31-34-36-39-42(45)47-44(41-38-33-12-9-6-3)48-43(46)40-37-35-32-30-28-26-24-22-20-18-16-14-11-8-5-2/h44H,4-41H2,1-3H3. The van der Waals surface area contributed by atoms with Gasteiger partial charge in [-0.05, 0) is 19.3 Å². The molecule has 286 valence electrons. The molecule has 0 bridgehead atoms. The van der Waals surface area contributed by atoms with E-state index in [4.69, 9.17) is 9.47 Å². The van der Waals surface area contributed by atoms with Crippen LogP contribution in [0, 0.1) is 0 Å². The van der Waals surface area contributed by atoms with Crippen LogP contribution in [0.2, 0.25) is 0 Å². The van der Waals surface area contributed by atoms with E-state index >= 15 is 0 Å².